The summed E-state index contributed by atoms with van der Waals surface area (Å²) in [6.07, 6.45) is 4.98. The number of aromatic amines is 1. The van der Waals surface area contributed by atoms with Crippen LogP contribution in [0.15, 0.2) is 11.1 Å². The molecule has 0 aliphatic carbocycles. The third-order valence-electron chi connectivity index (χ3n) is 3.23. The average molecular weight is 362 g/mol. The molecule has 2 rings (SSSR count). The van der Waals surface area contributed by atoms with Gasteiger partial charge in [-0.1, -0.05) is 6.92 Å². The maximum Gasteiger partial charge on any atom is 0.266 e. The maximum atomic E-state index is 11.6. The molecule has 2 heterocycles. The molecule has 1 aromatic heterocycles. The summed E-state index contributed by atoms with van der Waals surface area (Å²) >= 11 is 2.08. The van der Waals surface area contributed by atoms with Crippen LogP contribution >= 0.6 is 22.6 Å². The summed E-state index contributed by atoms with van der Waals surface area (Å²) in [6.45, 7) is 5.17. The lowest BCUT2D eigenvalue weighted by Crippen LogP contribution is -2.39. The second-order valence-electron chi connectivity index (χ2n) is 4.56. The number of halogens is 1. The number of hydrogen-bond acceptors (Lipinski definition) is 4. The molecule has 2 N–H and O–H groups in total. The number of nitrogens with zero attached hydrogens (tertiary/aromatic N) is 2. The summed E-state index contributed by atoms with van der Waals surface area (Å²) in [5.41, 5.74) is -0.0484. The molecule has 0 spiro atoms. The van der Waals surface area contributed by atoms with E-state index in [1.54, 1.807) is 0 Å². The van der Waals surface area contributed by atoms with Crippen molar-refractivity contribution >= 4 is 28.4 Å². The van der Waals surface area contributed by atoms with Crippen LogP contribution in [-0.4, -0.2) is 35.6 Å². The molecule has 1 aromatic rings. The zero-order chi connectivity index (χ0) is 13.0. The first-order chi connectivity index (χ1) is 8.74. The molecule has 1 aliphatic heterocycles. The van der Waals surface area contributed by atoms with Crippen LogP contribution in [0.3, 0.4) is 0 Å². The van der Waals surface area contributed by atoms with Gasteiger partial charge in [0.05, 0.1) is 6.33 Å². The second-order valence-corrected chi connectivity index (χ2v) is 5.64. The van der Waals surface area contributed by atoms with Crippen molar-refractivity contribution in [2.24, 2.45) is 0 Å². The van der Waals surface area contributed by atoms with E-state index in [2.05, 4.69) is 49.7 Å². The zero-order valence-electron chi connectivity index (χ0n) is 10.6. The van der Waals surface area contributed by atoms with Gasteiger partial charge in [0, 0.05) is 19.1 Å². The fraction of sp³-hybridized carbons (Fsp3) is 0.667. The SMILES string of the molecule is CCCNCC1CCCN1c1nc[nH]c(=O)c1I. The number of H-pyrrole nitrogens is 1. The Kier molecular flexibility index (Phi) is 4.99. The van der Waals surface area contributed by atoms with Crippen molar-refractivity contribution in [1.82, 2.24) is 15.3 Å². The van der Waals surface area contributed by atoms with Crippen LogP contribution < -0.4 is 15.8 Å². The number of hydrogen-bond donors (Lipinski definition) is 2. The molecular weight excluding hydrogens is 343 g/mol. The van der Waals surface area contributed by atoms with E-state index in [0.717, 1.165) is 31.9 Å². The predicted octanol–water partition coefficient (Wildman–Crippen LogP) is 1.34. The first-order valence-electron chi connectivity index (χ1n) is 6.44. The van der Waals surface area contributed by atoms with Gasteiger partial charge in [0.25, 0.3) is 5.56 Å². The Morgan fingerprint density at radius 3 is 3.28 bits per heavy atom. The van der Waals surface area contributed by atoms with E-state index in [4.69, 9.17) is 0 Å². The number of nitrogens with one attached hydrogen (secondary N) is 2. The Balaban J connectivity index is 2.11. The molecule has 1 unspecified atom stereocenters. The molecule has 1 fully saturated rings. The average Bonchev–Trinajstić information content (AvgIpc) is 2.81. The predicted molar refractivity (Wildman–Crippen MR) is 81.1 cm³/mol. The van der Waals surface area contributed by atoms with E-state index in [1.807, 2.05) is 0 Å². The Labute approximate surface area is 121 Å². The second kappa shape index (κ2) is 6.51. The monoisotopic (exact) mass is 362 g/mol. The first-order valence-corrected chi connectivity index (χ1v) is 7.52. The van der Waals surface area contributed by atoms with Crippen LogP contribution in [0.25, 0.3) is 0 Å². The Bertz CT molecular complexity index is 448. The van der Waals surface area contributed by atoms with Gasteiger partial charge < -0.3 is 15.2 Å². The normalized spacial score (nSPS) is 19.4. The molecule has 0 radical (unpaired) electrons. The van der Waals surface area contributed by atoms with E-state index in [9.17, 15) is 4.79 Å². The highest BCUT2D eigenvalue weighted by Crippen LogP contribution is 2.25. The fourth-order valence-corrected chi connectivity index (χ4v) is 2.95. The lowest BCUT2D eigenvalue weighted by atomic mass is 10.2. The molecule has 6 heteroatoms. The summed E-state index contributed by atoms with van der Waals surface area (Å²) < 4.78 is 0.692. The van der Waals surface area contributed by atoms with Crippen LogP contribution in [0, 0.1) is 3.57 Å². The molecule has 1 saturated heterocycles. The molecule has 1 aliphatic rings. The Morgan fingerprint density at radius 2 is 2.50 bits per heavy atom. The summed E-state index contributed by atoms with van der Waals surface area (Å²) in [7, 11) is 0. The topological polar surface area (TPSA) is 61.0 Å². The van der Waals surface area contributed by atoms with Crippen LogP contribution in [0.1, 0.15) is 26.2 Å². The lowest BCUT2D eigenvalue weighted by Gasteiger charge is -2.26. The van der Waals surface area contributed by atoms with Gasteiger partial charge in [0.2, 0.25) is 0 Å². The Morgan fingerprint density at radius 1 is 1.67 bits per heavy atom. The molecular formula is C12H19IN4O. The van der Waals surface area contributed by atoms with Crippen molar-refractivity contribution in [1.29, 1.82) is 0 Å². The highest BCUT2D eigenvalue weighted by molar-refractivity contribution is 14.1. The minimum absolute atomic E-state index is 0.0484. The van der Waals surface area contributed by atoms with E-state index in [1.165, 1.54) is 19.2 Å². The molecule has 0 bridgehead atoms. The zero-order valence-corrected chi connectivity index (χ0v) is 12.7. The van der Waals surface area contributed by atoms with Crippen molar-refractivity contribution < 1.29 is 0 Å². The van der Waals surface area contributed by atoms with Gasteiger partial charge >= 0.3 is 0 Å². The van der Waals surface area contributed by atoms with Crippen molar-refractivity contribution in [3.8, 4) is 0 Å². The molecule has 5 nitrogen and oxygen atoms in total. The number of rotatable bonds is 5. The fourth-order valence-electron chi connectivity index (χ4n) is 2.35. The third kappa shape index (κ3) is 3.03. The van der Waals surface area contributed by atoms with Gasteiger partial charge in [0.1, 0.15) is 9.39 Å². The van der Waals surface area contributed by atoms with Crippen LogP contribution in [0.4, 0.5) is 5.82 Å². The minimum atomic E-state index is -0.0484. The highest BCUT2D eigenvalue weighted by atomic mass is 127. The van der Waals surface area contributed by atoms with E-state index < -0.39 is 0 Å². The highest BCUT2D eigenvalue weighted by Gasteiger charge is 2.27. The molecule has 1 atom stereocenters. The minimum Gasteiger partial charge on any atom is -0.351 e. The van der Waals surface area contributed by atoms with Gasteiger partial charge in [-0.05, 0) is 48.4 Å². The molecule has 0 amide bonds. The third-order valence-corrected chi connectivity index (χ3v) is 4.21. The van der Waals surface area contributed by atoms with Crippen molar-refractivity contribution in [3.05, 3.63) is 20.3 Å². The van der Waals surface area contributed by atoms with E-state index in [0.29, 0.717) is 9.61 Å². The van der Waals surface area contributed by atoms with Crippen molar-refractivity contribution in [2.45, 2.75) is 32.2 Å². The van der Waals surface area contributed by atoms with Gasteiger partial charge in [-0.2, -0.15) is 0 Å². The van der Waals surface area contributed by atoms with Crippen LogP contribution in [-0.2, 0) is 0 Å². The van der Waals surface area contributed by atoms with Gasteiger partial charge in [-0.15, -0.1) is 0 Å². The smallest absolute Gasteiger partial charge is 0.266 e. The van der Waals surface area contributed by atoms with Gasteiger partial charge in [0.15, 0.2) is 0 Å². The molecule has 0 saturated carbocycles. The molecule has 0 aromatic carbocycles. The first kappa shape index (κ1) is 13.8. The van der Waals surface area contributed by atoms with E-state index >= 15 is 0 Å². The summed E-state index contributed by atoms with van der Waals surface area (Å²) in [4.78, 5) is 20.8. The van der Waals surface area contributed by atoms with Gasteiger partial charge in [-0.25, -0.2) is 4.98 Å². The largest absolute Gasteiger partial charge is 0.351 e. The maximum absolute atomic E-state index is 11.6. The summed E-state index contributed by atoms with van der Waals surface area (Å²) in [5, 5.41) is 3.45. The van der Waals surface area contributed by atoms with Crippen molar-refractivity contribution in [3.63, 3.8) is 0 Å². The Hall–Kier alpha value is -0.630. The number of aromatic nitrogens is 2. The number of anilines is 1. The standard InChI is InChI=1S/C12H19IN4O/c1-2-5-14-7-9-4-3-6-17(9)11-10(13)12(18)16-8-15-11/h8-9,14H,2-7H2,1H3,(H,15,16,18). The lowest BCUT2D eigenvalue weighted by molar-refractivity contribution is 0.567. The van der Waals surface area contributed by atoms with Gasteiger partial charge in [-0.3, -0.25) is 4.79 Å². The van der Waals surface area contributed by atoms with Crippen LogP contribution in [0.5, 0.6) is 0 Å². The molecule has 100 valence electrons. The van der Waals surface area contributed by atoms with Crippen molar-refractivity contribution in [2.75, 3.05) is 24.5 Å². The summed E-state index contributed by atoms with van der Waals surface area (Å²) in [6, 6.07) is 0.458. The van der Waals surface area contributed by atoms with E-state index in [-0.39, 0.29) is 5.56 Å². The van der Waals surface area contributed by atoms with Crippen LogP contribution in [0.2, 0.25) is 0 Å². The molecule has 18 heavy (non-hydrogen) atoms. The quantitative estimate of drug-likeness (QED) is 0.613. The summed E-state index contributed by atoms with van der Waals surface area (Å²) in [5.74, 6) is 0.833.